The lowest BCUT2D eigenvalue weighted by Gasteiger charge is -2.15. The molecule has 0 atom stereocenters. The molecule has 0 bridgehead atoms. The summed E-state index contributed by atoms with van der Waals surface area (Å²) in [4.78, 5) is 4.00. The Morgan fingerprint density at radius 2 is 2.00 bits per heavy atom. The molecule has 0 aromatic carbocycles. The number of amidine groups is 2. The summed E-state index contributed by atoms with van der Waals surface area (Å²) in [6.45, 7) is 1.92. The largest absolute Gasteiger partial charge is 0.735 e. The molecule has 9 heavy (non-hydrogen) atoms. The van der Waals surface area contributed by atoms with Crippen LogP contribution in [0.25, 0.3) is 0 Å². The molecule has 1 heterocycles. The fraction of sp³-hybridized carbons (Fsp3) is 0.600. The van der Waals surface area contributed by atoms with E-state index in [1.165, 1.54) is 0 Å². The standard InChI is InChI=1S/C5H9N3S/c1-4-6-5(9)7-8(4,2)3/h1-3H3. The molecule has 3 nitrogen and oxygen atoms in total. The quantitative estimate of drug-likeness (QED) is 0.354. The maximum atomic E-state index is 4.78. The molecule has 1 aliphatic heterocycles. The monoisotopic (exact) mass is 143 g/mol. The fourth-order valence-corrected chi connectivity index (χ4v) is 0.906. The van der Waals surface area contributed by atoms with Crippen molar-refractivity contribution in [2.45, 2.75) is 6.92 Å². The Labute approximate surface area is 60.1 Å². The van der Waals surface area contributed by atoms with Crippen molar-refractivity contribution >= 4 is 23.6 Å². The molecule has 0 aromatic heterocycles. The molecule has 0 saturated carbocycles. The van der Waals surface area contributed by atoms with Crippen LogP contribution in [-0.4, -0.2) is 29.7 Å². The highest BCUT2D eigenvalue weighted by molar-refractivity contribution is 7.77. The molecule has 1 aliphatic rings. The molecular formula is C5H9N3S. The first-order valence-corrected chi connectivity index (χ1v) is 3.10. The Balaban J connectivity index is 2.96. The minimum absolute atomic E-state index is 0.456. The number of aliphatic imine (C=N–C) groups is 1. The first-order chi connectivity index (χ1) is 4.02. The van der Waals surface area contributed by atoms with E-state index in [9.17, 15) is 0 Å². The van der Waals surface area contributed by atoms with Crippen LogP contribution in [0.4, 0.5) is 0 Å². The first kappa shape index (κ1) is 6.64. The van der Waals surface area contributed by atoms with E-state index in [0.717, 1.165) is 5.84 Å². The topological polar surface area (TPSA) is 24.7 Å². The predicted molar refractivity (Wildman–Crippen MR) is 40.0 cm³/mol. The van der Waals surface area contributed by atoms with Gasteiger partial charge in [-0.15, -0.1) is 0 Å². The van der Waals surface area contributed by atoms with Crippen molar-refractivity contribution in [2.75, 3.05) is 14.1 Å². The van der Waals surface area contributed by atoms with Crippen molar-refractivity contribution in [3.05, 3.63) is 0 Å². The van der Waals surface area contributed by atoms with Gasteiger partial charge < -0.3 is 12.6 Å². The second-order valence-corrected chi connectivity index (χ2v) is 2.80. The van der Waals surface area contributed by atoms with Gasteiger partial charge in [-0.2, -0.15) is 4.59 Å². The minimum atomic E-state index is 0.456. The lowest BCUT2D eigenvalue weighted by Crippen LogP contribution is -2.35. The van der Waals surface area contributed by atoms with Crippen molar-refractivity contribution in [3.8, 4) is 0 Å². The van der Waals surface area contributed by atoms with Crippen LogP contribution in [0.2, 0.25) is 0 Å². The Morgan fingerprint density at radius 3 is 2.11 bits per heavy atom. The van der Waals surface area contributed by atoms with E-state index in [1.54, 1.807) is 0 Å². The minimum Gasteiger partial charge on any atom is -0.735 e. The summed E-state index contributed by atoms with van der Waals surface area (Å²) in [5.41, 5.74) is 0. The summed E-state index contributed by atoms with van der Waals surface area (Å²) in [7, 11) is 3.89. The van der Waals surface area contributed by atoms with Gasteiger partial charge in [0.15, 0.2) is 0 Å². The van der Waals surface area contributed by atoms with Gasteiger partial charge in [-0.1, -0.05) is 5.10 Å². The van der Waals surface area contributed by atoms with Crippen LogP contribution in [0.5, 0.6) is 0 Å². The van der Waals surface area contributed by atoms with E-state index >= 15 is 0 Å². The van der Waals surface area contributed by atoms with Crippen molar-refractivity contribution < 1.29 is 4.59 Å². The smallest absolute Gasteiger partial charge is 0.225 e. The highest BCUT2D eigenvalue weighted by Gasteiger charge is 2.22. The van der Waals surface area contributed by atoms with Crippen molar-refractivity contribution in [3.63, 3.8) is 0 Å². The third-order valence-electron chi connectivity index (χ3n) is 1.38. The van der Waals surface area contributed by atoms with Gasteiger partial charge in [-0.3, -0.25) is 0 Å². The number of quaternary nitrogens is 1. The lowest BCUT2D eigenvalue weighted by atomic mass is 10.6. The van der Waals surface area contributed by atoms with Crippen molar-refractivity contribution in [1.29, 1.82) is 0 Å². The normalized spacial score (nSPS) is 23.4. The summed E-state index contributed by atoms with van der Waals surface area (Å²) >= 11 is 4.78. The second kappa shape index (κ2) is 1.75. The molecule has 0 amide bonds. The van der Waals surface area contributed by atoms with Gasteiger partial charge in [-0.05, 0) is 0 Å². The summed E-state index contributed by atoms with van der Waals surface area (Å²) in [5.74, 6) is 0.944. The van der Waals surface area contributed by atoms with E-state index in [0.29, 0.717) is 9.76 Å². The van der Waals surface area contributed by atoms with Crippen LogP contribution >= 0.6 is 0 Å². The van der Waals surface area contributed by atoms with E-state index in [2.05, 4.69) is 10.1 Å². The van der Waals surface area contributed by atoms with E-state index in [1.807, 2.05) is 21.0 Å². The number of hydrogen-bond donors (Lipinski definition) is 0. The zero-order valence-electron chi connectivity index (χ0n) is 5.75. The Hall–Kier alpha value is -0.480. The lowest BCUT2D eigenvalue weighted by molar-refractivity contribution is -0.803. The average molecular weight is 143 g/mol. The van der Waals surface area contributed by atoms with Gasteiger partial charge in [-0.25, -0.2) is 4.99 Å². The molecular weight excluding hydrogens is 134 g/mol. The fourth-order valence-electron chi connectivity index (χ4n) is 0.569. The van der Waals surface area contributed by atoms with E-state index in [4.69, 9.17) is 12.6 Å². The molecule has 1 rings (SSSR count). The van der Waals surface area contributed by atoms with Crippen LogP contribution in [-0.2, 0) is 12.6 Å². The third kappa shape index (κ3) is 1.09. The van der Waals surface area contributed by atoms with Gasteiger partial charge in [0, 0.05) is 6.92 Å². The summed E-state index contributed by atoms with van der Waals surface area (Å²) in [5, 5.41) is 4.52. The van der Waals surface area contributed by atoms with Crippen molar-refractivity contribution in [1.82, 2.24) is 0 Å². The van der Waals surface area contributed by atoms with Crippen molar-refractivity contribution in [2.24, 2.45) is 10.1 Å². The van der Waals surface area contributed by atoms with Gasteiger partial charge in [0.2, 0.25) is 5.84 Å². The highest BCUT2D eigenvalue weighted by atomic mass is 32.1. The number of hydrogen-bond acceptors (Lipinski definition) is 3. The van der Waals surface area contributed by atoms with Crippen LogP contribution in [0.1, 0.15) is 6.92 Å². The van der Waals surface area contributed by atoms with Gasteiger partial charge in [0.25, 0.3) is 0 Å². The molecule has 50 valence electrons. The molecule has 0 N–H and O–H groups in total. The summed E-state index contributed by atoms with van der Waals surface area (Å²) < 4.78 is 0.457. The Kier molecular flexibility index (Phi) is 1.29. The first-order valence-electron chi connectivity index (χ1n) is 2.69. The van der Waals surface area contributed by atoms with Gasteiger partial charge in [0.1, 0.15) is 0 Å². The van der Waals surface area contributed by atoms with Crippen LogP contribution in [0.3, 0.4) is 0 Å². The number of nitrogens with zero attached hydrogens (tertiary/aromatic N) is 3. The zero-order chi connectivity index (χ0) is 7.07. The maximum Gasteiger partial charge on any atom is 0.225 e. The Bertz CT molecular complexity index is 192. The summed E-state index contributed by atoms with van der Waals surface area (Å²) in [6.07, 6.45) is 0. The molecule has 0 fully saturated rings. The van der Waals surface area contributed by atoms with Gasteiger partial charge >= 0.3 is 0 Å². The molecule has 4 heteroatoms. The van der Waals surface area contributed by atoms with Crippen LogP contribution in [0.15, 0.2) is 10.1 Å². The second-order valence-electron chi connectivity index (χ2n) is 2.44. The molecule has 0 unspecified atom stereocenters. The maximum absolute atomic E-state index is 4.78. The van der Waals surface area contributed by atoms with Gasteiger partial charge in [0.05, 0.1) is 19.3 Å². The predicted octanol–water partition coefficient (Wildman–Crippen LogP) is 0.313. The van der Waals surface area contributed by atoms with Crippen LogP contribution < -0.4 is 0 Å². The summed E-state index contributed by atoms with van der Waals surface area (Å²) in [6, 6.07) is 0. The third-order valence-corrected chi connectivity index (χ3v) is 1.56. The SMILES string of the molecule is CC1=NC([S-])=N[N+]1(C)C. The molecule has 0 radical (unpaired) electrons. The molecule has 0 spiro atoms. The van der Waals surface area contributed by atoms with Crippen LogP contribution in [0, 0.1) is 0 Å². The zero-order valence-corrected chi connectivity index (χ0v) is 6.57. The van der Waals surface area contributed by atoms with E-state index < -0.39 is 0 Å². The average Bonchev–Trinajstić information content (AvgIpc) is 1.79. The molecule has 0 saturated heterocycles. The molecule has 0 aromatic rings. The number of rotatable bonds is 0. The molecule has 0 aliphatic carbocycles. The highest BCUT2D eigenvalue weighted by Crippen LogP contribution is 2.08. The Morgan fingerprint density at radius 1 is 1.44 bits per heavy atom. The van der Waals surface area contributed by atoms with E-state index in [-0.39, 0.29) is 0 Å².